The maximum atomic E-state index is 2.34. The van der Waals surface area contributed by atoms with Crippen LogP contribution >= 0.6 is 0 Å². The smallest absolute Gasteiger partial charge is 0.0703 e. The molecular formula is C68H96N4. The number of fused-ring (bicyclic) bond motifs is 4. The third-order valence-corrected chi connectivity index (χ3v) is 9.51. The van der Waals surface area contributed by atoms with Gasteiger partial charge in [0.2, 0.25) is 0 Å². The molecule has 0 bridgehead atoms. The lowest BCUT2D eigenvalue weighted by Gasteiger charge is -2.40. The first-order valence-corrected chi connectivity index (χ1v) is 27.6. The Hall–Kier alpha value is -7.04. The fraction of sp³-hybridized carbons (Fsp3) is 0.294. The van der Waals surface area contributed by atoms with Gasteiger partial charge in [-0.05, 0) is 97.1 Å². The van der Waals surface area contributed by atoms with Crippen LogP contribution in [0.15, 0.2) is 218 Å². The zero-order valence-electron chi connectivity index (χ0n) is 48.6. The molecule has 0 spiro atoms. The maximum absolute atomic E-state index is 2.34. The van der Waals surface area contributed by atoms with Crippen molar-refractivity contribution in [2.75, 3.05) is 19.6 Å². The number of hydrogen-bond acceptors (Lipinski definition) is 4. The van der Waals surface area contributed by atoms with E-state index < -0.39 is 0 Å². The molecule has 0 aromatic heterocycles. The molecule has 10 rings (SSSR count). The molecule has 0 unspecified atom stereocenters. The van der Waals surface area contributed by atoms with E-state index in [9.17, 15) is 0 Å². The molecule has 2 heterocycles. The van der Waals surface area contributed by atoms with E-state index in [0.717, 1.165) is 0 Å². The van der Waals surface area contributed by atoms with Crippen LogP contribution in [0.2, 0.25) is 0 Å². The van der Waals surface area contributed by atoms with Crippen LogP contribution in [0.25, 0.3) is 0 Å². The van der Waals surface area contributed by atoms with Gasteiger partial charge >= 0.3 is 0 Å². The zero-order chi connectivity index (χ0) is 54.7. The van der Waals surface area contributed by atoms with E-state index in [-0.39, 0.29) is 0 Å². The van der Waals surface area contributed by atoms with Gasteiger partial charge in [0.05, 0.1) is 45.5 Å². The van der Waals surface area contributed by atoms with Gasteiger partial charge in [-0.15, -0.1) is 0 Å². The summed E-state index contributed by atoms with van der Waals surface area (Å²) in [7, 11) is 0. The van der Waals surface area contributed by atoms with Gasteiger partial charge in [0.1, 0.15) is 0 Å². The number of rotatable bonds is 4. The largest absolute Gasteiger partial charge is 0.306 e. The second-order valence-electron chi connectivity index (χ2n) is 12.6. The highest BCUT2D eigenvalue weighted by atomic mass is 15.3. The van der Waals surface area contributed by atoms with Crippen LogP contribution in [0.5, 0.6) is 0 Å². The predicted molar refractivity (Wildman–Crippen MR) is 332 cm³/mol. The lowest BCUT2D eigenvalue weighted by atomic mass is 10.0. The summed E-state index contributed by atoms with van der Waals surface area (Å²) < 4.78 is 0. The van der Waals surface area contributed by atoms with Crippen LogP contribution in [-0.4, -0.2) is 0 Å². The van der Waals surface area contributed by atoms with Crippen LogP contribution in [0.1, 0.15) is 138 Å². The second-order valence-corrected chi connectivity index (χ2v) is 12.6. The van der Waals surface area contributed by atoms with Crippen molar-refractivity contribution < 1.29 is 0 Å². The van der Waals surface area contributed by atoms with Crippen molar-refractivity contribution in [3.8, 4) is 0 Å². The van der Waals surface area contributed by atoms with Crippen molar-refractivity contribution in [1.29, 1.82) is 0 Å². The minimum atomic E-state index is 1.17. The number of para-hydroxylation sites is 12. The van der Waals surface area contributed by atoms with Gasteiger partial charge in [0.15, 0.2) is 0 Å². The van der Waals surface area contributed by atoms with E-state index in [4.69, 9.17) is 0 Å². The van der Waals surface area contributed by atoms with Crippen molar-refractivity contribution in [2.24, 2.45) is 0 Å². The standard InChI is InChI=1S/2C24H18N2.10C2H6/c2*1-3-11-19(12-4-1)25-21-15-7-9-17-23(21)26(20-13-5-2-6-14-20)24-18-10-8-16-22(24)25;10*1-2/h2*1-18H;10*1-2H3. The summed E-state index contributed by atoms with van der Waals surface area (Å²) in [6.07, 6.45) is 0. The molecule has 0 N–H and O–H groups in total. The Bertz CT molecular complexity index is 1990. The Kier molecular flexibility index (Phi) is 39.9. The Morgan fingerprint density at radius 3 is 0.347 bits per heavy atom. The Balaban J connectivity index is 0. The van der Waals surface area contributed by atoms with Crippen molar-refractivity contribution in [3.05, 3.63) is 218 Å². The molecule has 0 atom stereocenters. The van der Waals surface area contributed by atoms with Crippen molar-refractivity contribution >= 4 is 68.2 Å². The summed E-state index contributed by atoms with van der Waals surface area (Å²) in [6, 6.07) is 76.5. The number of anilines is 12. The summed E-state index contributed by atoms with van der Waals surface area (Å²) in [6.45, 7) is 40.0. The van der Waals surface area contributed by atoms with E-state index in [1.807, 2.05) is 138 Å². The summed E-state index contributed by atoms with van der Waals surface area (Å²) in [4.78, 5) is 9.35. The number of benzene rings is 8. The summed E-state index contributed by atoms with van der Waals surface area (Å²) >= 11 is 0. The first kappa shape index (κ1) is 67.0. The van der Waals surface area contributed by atoms with E-state index in [1.54, 1.807) is 0 Å². The SMILES string of the molecule is CC.CC.CC.CC.CC.CC.CC.CC.CC.CC.c1ccc(N2c3ccccc3N(c3ccccc3)c3ccccc32)cc1.c1ccc(N2c3ccccc3N(c3ccccc3)c3ccccc32)cc1. The highest BCUT2D eigenvalue weighted by molar-refractivity contribution is 6.02. The molecule has 8 aromatic rings. The molecule has 0 amide bonds. The Morgan fingerprint density at radius 2 is 0.236 bits per heavy atom. The molecular weight excluding hydrogens is 873 g/mol. The Morgan fingerprint density at radius 1 is 0.139 bits per heavy atom. The van der Waals surface area contributed by atoms with Gasteiger partial charge in [-0.3, -0.25) is 0 Å². The van der Waals surface area contributed by atoms with Gasteiger partial charge < -0.3 is 19.6 Å². The first-order valence-electron chi connectivity index (χ1n) is 27.6. The maximum Gasteiger partial charge on any atom is 0.0703 e. The second kappa shape index (κ2) is 42.8. The van der Waals surface area contributed by atoms with E-state index in [2.05, 4.69) is 238 Å². The topological polar surface area (TPSA) is 13.0 Å². The zero-order valence-corrected chi connectivity index (χ0v) is 48.6. The molecule has 72 heavy (non-hydrogen) atoms. The van der Waals surface area contributed by atoms with Crippen molar-refractivity contribution in [1.82, 2.24) is 0 Å². The first-order chi connectivity index (χ1) is 35.9. The quantitative estimate of drug-likeness (QED) is 0.174. The van der Waals surface area contributed by atoms with Crippen LogP contribution in [-0.2, 0) is 0 Å². The molecule has 0 radical (unpaired) electrons. The molecule has 0 aliphatic carbocycles. The normalized spacial score (nSPS) is 9.83. The molecule has 4 heteroatoms. The average molecular weight is 970 g/mol. The highest BCUT2D eigenvalue weighted by Gasteiger charge is 2.31. The van der Waals surface area contributed by atoms with E-state index in [0.29, 0.717) is 0 Å². The molecule has 4 nitrogen and oxygen atoms in total. The number of nitrogens with zero attached hydrogens (tertiary/aromatic N) is 4. The van der Waals surface area contributed by atoms with Gasteiger partial charge in [0, 0.05) is 22.7 Å². The fourth-order valence-electron chi connectivity index (χ4n) is 7.31. The number of hydrogen-bond donors (Lipinski definition) is 0. The van der Waals surface area contributed by atoms with Crippen LogP contribution < -0.4 is 19.6 Å². The molecule has 0 fully saturated rings. The van der Waals surface area contributed by atoms with E-state index >= 15 is 0 Å². The Labute approximate surface area is 442 Å². The van der Waals surface area contributed by atoms with Gasteiger partial charge in [-0.2, -0.15) is 0 Å². The lowest BCUT2D eigenvalue weighted by Crippen LogP contribution is -2.23. The molecule has 0 saturated heterocycles. The third kappa shape index (κ3) is 17.7. The van der Waals surface area contributed by atoms with Crippen LogP contribution in [0, 0.1) is 0 Å². The molecule has 388 valence electrons. The predicted octanol–water partition coefficient (Wildman–Crippen LogP) is 24.1. The average Bonchev–Trinajstić information content (AvgIpc) is 3.52. The minimum absolute atomic E-state index is 1.17. The molecule has 0 saturated carbocycles. The molecule has 2 aliphatic heterocycles. The van der Waals surface area contributed by atoms with Gasteiger partial charge in [-0.25, -0.2) is 0 Å². The summed E-state index contributed by atoms with van der Waals surface area (Å²) in [5.41, 5.74) is 14.1. The van der Waals surface area contributed by atoms with Gasteiger partial charge in [0.25, 0.3) is 0 Å². The van der Waals surface area contributed by atoms with Crippen LogP contribution in [0.3, 0.4) is 0 Å². The van der Waals surface area contributed by atoms with Crippen molar-refractivity contribution in [3.63, 3.8) is 0 Å². The third-order valence-electron chi connectivity index (χ3n) is 9.51. The minimum Gasteiger partial charge on any atom is -0.306 e. The molecule has 8 aromatic carbocycles. The summed E-state index contributed by atoms with van der Waals surface area (Å²) in [5, 5.41) is 0. The van der Waals surface area contributed by atoms with Crippen LogP contribution in [0.4, 0.5) is 68.2 Å². The fourth-order valence-corrected chi connectivity index (χ4v) is 7.31. The molecule has 2 aliphatic rings. The van der Waals surface area contributed by atoms with Crippen molar-refractivity contribution in [2.45, 2.75) is 138 Å². The summed E-state index contributed by atoms with van der Waals surface area (Å²) in [5.74, 6) is 0. The highest BCUT2D eigenvalue weighted by Crippen LogP contribution is 2.55. The van der Waals surface area contributed by atoms with Gasteiger partial charge in [-0.1, -0.05) is 260 Å². The monoisotopic (exact) mass is 969 g/mol. The lowest BCUT2D eigenvalue weighted by molar-refractivity contribution is 1.17. The van der Waals surface area contributed by atoms with E-state index in [1.165, 1.54) is 68.2 Å².